The SMILES string of the molecule is COc1ccc(C2CCC(OC(=O)CCCC(=O)Oc3ccccc3F)CC2)cc1. The van der Waals surface area contributed by atoms with E-state index in [9.17, 15) is 14.0 Å². The molecule has 0 saturated heterocycles. The fraction of sp³-hybridized carbons (Fsp3) is 0.417. The van der Waals surface area contributed by atoms with E-state index in [0.717, 1.165) is 31.4 Å². The van der Waals surface area contributed by atoms with Gasteiger partial charge in [0.2, 0.25) is 0 Å². The molecule has 1 aliphatic carbocycles. The molecule has 0 atom stereocenters. The Morgan fingerprint density at radius 3 is 2.27 bits per heavy atom. The molecule has 2 aromatic carbocycles. The van der Waals surface area contributed by atoms with Crippen LogP contribution in [-0.4, -0.2) is 25.2 Å². The molecule has 0 bridgehead atoms. The summed E-state index contributed by atoms with van der Waals surface area (Å²) >= 11 is 0. The van der Waals surface area contributed by atoms with E-state index in [1.54, 1.807) is 13.2 Å². The lowest BCUT2D eigenvalue weighted by atomic mass is 9.83. The number of ether oxygens (including phenoxy) is 3. The number of methoxy groups -OCH3 is 1. The van der Waals surface area contributed by atoms with Crippen LogP contribution in [0.5, 0.6) is 11.5 Å². The van der Waals surface area contributed by atoms with Crippen LogP contribution in [0.4, 0.5) is 4.39 Å². The monoisotopic (exact) mass is 414 g/mol. The second-order valence-corrected chi connectivity index (χ2v) is 7.49. The van der Waals surface area contributed by atoms with Gasteiger partial charge in [0.1, 0.15) is 11.9 Å². The van der Waals surface area contributed by atoms with Gasteiger partial charge in [-0.05, 0) is 67.9 Å². The Balaban J connectivity index is 1.33. The number of esters is 2. The van der Waals surface area contributed by atoms with Crippen molar-refractivity contribution in [2.24, 2.45) is 0 Å². The molecule has 0 unspecified atom stereocenters. The first-order valence-electron chi connectivity index (χ1n) is 10.3. The zero-order valence-electron chi connectivity index (χ0n) is 17.1. The van der Waals surface area contributed by atoms with Gasteiger partial charge >= 0.3 is 11.9 Å². The molecular weight excluding hydrogens is 387 g/mol. The maximum Gasteiger partial charge on any atom is 0.311 e. The number of carbonyl (C=O) groups excluding carboxylic acids is 2. The number of benzene rings is 2. The van der Waals surface area contributed by atoms with Crippen molar-refractivity contribution in [2.75, 3.05) is 7.11 Å². The highest BCUT2D eigenvalue weighted by Crippen LogP contribution is 2.34. The van der Waals surface area contributed by atoms with Gasteiger partial charge in [0, 0.05) is 12.8 Å². The summed E-state index contributed by atoms with van der Waals surface area (Å²) < 4.78 is 29.2. The number of halogens is 1. The van der Waals surface area contributed by atoms with Crippen molar-refractivity contribution >= 4 is 11.9 Å². The first-order chi connectivity index (χ1) is 14.5. The maximum atomic E-state index is 13.5. The van der Waals surface area contributed by atoms with E-state index >= 15 is 0 Å². The first-order valence-corrected chi connectivity index (χ1v) is 10.3. The summed E-state index contributed by atoms with van der Waals surface area (Å²) in [6.45, 7) is 0. The Labute approximate surface area is 176 Å². The summed E-state index contributed by atoms with van der Waals surface area (Å²) in [5.74, 6) is -0.234. The molecule has 0 aromatic heterocycles. The van der Waals surface area contributed by atoms with Gasteiger partial charge in [-0.25, -0.2) is 4.39 Å². The molecule has 0 spiro atoms. The van der Waals surface area contributed by atoms with E-state index in [1.807, 2.05) is 12.1 Å². The number of carbonyl (C=O) groups is 2. The van der Waals surface area contributed by atoms with Crippen LogP contribution in [0.25, 0.3) is 0 Å². The Morgan fingerprint density at radius 1 is 0.933 bits per heavy atom. The number of rotatable bonds is 8. The molecule has 6 heteroatoms. The summed E-state index contributed by atoms with van der Waals surface area (Å²) in [5.41, 5.74) is 1.29. The number of hydrogen-bond donors (Lipinski definition) is 0. The molecule has 1 aliphatic rings. The van der Waals surface area contributed by atoms with Gasteiger partial charge in [0.15, 0.2) is 11.6 Å². The van der Waals surface area contributed by atoms with E-state index in [1.165, 1.54) is 23.8 Å². The normalized spacial score (nSPS) is 18.5. The van der Waals surface area contributed by atoms with Crippen LogP contribution in [0.2, 0.25) is 0 Å². The van der Waals surface area contributed by atoms with E-state index in [-0.39, 0.29) is 30.7 Å². The van der Waals surface area contributed by atoms with Crippen molar-refractivity contribution < 1.29 is 28.2 Å². The van der Waals surface area contributed by atoms with Crippen LogP contribution >= 0.6 is 0 Å². The van der Waals surface area contributed by atoms with Crippen LogP contribution in [0.1, 0.15) is 56.4 Å². The van der Waals surface area contributed by atoms with Crippen molar-refractivity contribution in [1.82, 2.24) is 0 Å². The molecule has 0 amide bonds. The van der Waals surface area contributed by atoms with Crippen LogP contribution in [0, 0.1) is 5.82 Å². The highest BCUT2D eigenvalue weighted by Gasteiger charge is 2.25. The number of para-hydroxylation sites is 1. The lowest BCUT2D eigenvalue weighted by Gasteiger charge is -2.28. The predicted molar refractivity (Wildman–Crippen MR) is 110 cm³/mol. The van der Waals surface area contributed by atoms with Crippen molar-refractivity contribution in [3.63, 3.8) is 0 Å². The minimum Gasteiger partial charge on any atom is -0.497 e. The first kappa shape index (κ1) is 21.8. The third-order valence-electron chi connectivity index (χ3n) is 5.38. The molecular formula is C24H27FO5. The smallest absolute Gasteiger partial charge is 0.311 e. The minimum atomic E-state index is -0.587. The largest absolute Gasteiger partial charge is 0.497 e. The van der Waals surface area contributed by atoms with E-state index in [0.29, 0.717) is 12.3 Å². The molecule has 5 nitrogen and oxygen atoms in total. The van der Waals surface area contributed by atoms with Crippen LogP contribution in [0.3, 0.4) is 0 Å². The Hall–Kier alpha value is -2.89. The molecule has 1 fully saturated rings. The van der Waals surface area contributed by atoms with E-state index < -0.39 is 11.8 Å². The Kier molecular flexibility index (Phi) is 7.82. The van der Waals surface area contributed by atoms with E-state index in [2.05, 4.69) is 12.1 Å². The van der Waals surface area contributed by atoms with Gasteiger partial charge in [0.25, 0.3) is 0 Å². The summed E-state index contributed by atoms with van der Waals surface area (Å²) in [6.07, 6.45) is 4.03. The lowest BCUT2D eigenvalue weighted by molar-refractivity contribution is -0.150. The van der Waals surface area contributed by atoms with Gasteiger partial charge < -0.3 is 14.2 Å². The molecule has 0 N–H and O–H groups in total. The zero-order valence-corrected chi connectivity index (χ0v) is 17.1. The van der Waals surface area contributed by atoms with Gasteiger partial charge in [0.05, 0.1) is 7.11 Å². The lowest BCUT2D eigenvalue weighted by Crippen LogP contribution is -2.24. The number of hydrogen-bond acceptors (Lipinski definition) is 5. The van der Waals surface area contributed by atoms with E-state index in [4.69, 9.17) is 14.2 Å². The molecule has 0 aliphatic heterocycles. The topological polar surface area (TPSA) is 61.8 Å². The fourth-order valence-electron chi connectivity index (χ4n) is 3.71. The molecule has 3 rings (SSSR count). The third-order valence-corrected chi connectivity index (χ3v) is 5.38. The van der Waals surface area contributed by atoms with Gasteiger partial charge in [-0.3, -0.25) is 9.59 Å². The standard InChI is InChI=1S/C24H27FO5/c1-28-19-13-9-17(10-14-19)18-11-15-20(16-12-18)29-23(26)7-4-8-24(27)30-22-6-3-2-5-21(22)25/h2-3,5-6,9-10,13-14,18,20H,4,7-8,11-12,15-16H2,1H3. The molecule has 160 valence electrons. The molecule has 0 radical (unpaired) electrons. The van der Waals surface area contributed by atoms with Gasteiger partial charge in [-0.1, -0.05) is 24.3 Å². The Morgan fingerprint density at radius 2 is 1.60 bits per heavy atom. The van der Waals surface area contributed by atoms with Crippen molar-refractivity contribution in [1.29, 1.82) is 0 Å². The average Bonchev–Trinajstić information content (AvgIpc) is 2.76. The Bertz CT molecular complexity index is 841. The molecule has 1 saturated carbocycles. The summed E-state index contributed by atoms with van der Waals surface area (Å²) in [6, 6.07) is 13.9. The predicted octanol–water partition coefficient (Wildman–Crippen LogP) is 5.18. The van der Waals surface area contributed by atoms with Crippen LogP contribution < -0.4 is 9.47 Å². The quantitative estimate of drug-likeness (QED) is 0.440. The molecule has 0 heterocycles. The third kappa shape index (κ3) is 6.31. The van der Waals surface area contributed by atoms with Gasteiger partial charge in [-0.15, -0.1) is 0 Å². The zero-order chi connectivity index (χ0) is 21.3. The van der Waals surface area contributed by atoms with Gasteiger partial charge in [-0.2, -0.15) is 0 Å². The fourth-order valence-corrected chi connectivity index (χ4v) is 3.71. The van der Waals surface area contributed by atoms with Crippen LogP contribution in [-0.2, 0) is 14.3 Å². The summed E-state index contributed by atoms with van der Waals surface area (Å²) in [5, 5.41) is 0. The second-order valence-electron chi connectivity index (χ2n) is 7.49. The minimum absolute atomic E-state index is 0.0354. The van der Waals surface area contributed by atoms with Crippen molar-refractivity contribution in [2.45, 2.75) is 57.0 Å². The second kappa shape index (κ2) is 10.8. The van der Waals surface area contributed by atoms with Crippen molar-refractivity contribution in [3.8, 4) is 11.5 Å². The highest BCUT2D eigenvalue weighted by molar-refractivity contribution is 5.74. The van der Waals surface area contributed by atoms with Crippen molar-refractivity contribution in [3.05, 3.63) is 59.9 Å². The molecule has 2 aromatic rings. The molecule has 30 heavy (non-hydrogen) atoms. The van der Waals surface area contributed by atoms with Crippen LogP contribution in [0.15, 0.2) is 48.5 Å². The summed E-state index contributed by atoms with van der Waals surface area (Å²) in [4.78, 5) is 23.9. The average molecular weight is 414 g/mol. The summed E-state index contributed by atoms with van der Waals surface area (Å²) in [7, 11) is 1.65. The highest BCUT2D eigenvalue weighted by atomic mass is 19.1. The maximum absolute atomic E-state index is 13.5.